The molecule has 0 aliphatic rings. The first-order valence-electron chi connectivity index (χ1n) is 6.99. The molecule has 1 aromatic heterocycles. The molecule has 0 radical (unpaired) electrons. The Labute approximate surface area is 125 Å². The van der Waals surface area contributed by atoms with Crippen molar-refractivity contribution >= 4 is 20.8 Å². The normalized spacial score (nSPS) is 15.0. The van der Waals surface area contributed by atoms with Crippen molar-refractivity contribution in [2.45, 2.75) is 37.1 Å². The third-order valence-electron chi connectivity index (χ3n) is 3.79. The van der Waals surface area contributed by atoms with E-state index >= 15 is 0 Å². The molecule has 1 heterocycles. The van der Waals surface area contributed by atoms with Gasteiger partial charge in [0.25, 0.3) is 0 Å². The number of hydrogen-bond donors (Lipinski definition) is 2. The minimum absolute atomic E-state index is 0.277. The van der Waals surface area contributed by atoms with Crippen molar-refractivity contribution in [3.63, 3.8) is 0 Å². The Bertz CT molecular complexity index is 725. The fourth-order valence-corrected chi connectivity index (χ4v) is 4.06. The van der Waals surface area contributed by atoms with E-state index in [4.69, 9.17) is 5.73 Å². The number of pyridine rings is 1. The van der Waals surface area contributed by atoms with Gasteiger partial charge in [-0.05, 0) is 38.4 Å². The molecule has 0 fully saturated rings. The van der Waals surface area contributed by atoms with Crippen LogP contribution < -0.4 is 10.5 Å². The van der Waals surface area contributed by atoms with Crippen LogP contribution in [0.4, 0.5) is 0 Å². The van der Waals surface area contributed by atoms with E-state index in [-0.39, 0.29) is 4.90 Å². The quantitative estimate of drug-likeness (QED) is 0.855. The van der Waals surface area contributed by atoms with Gasteiger partial charge in [0.2, 0.25) is 10.0 Å². The summed E-state index contributed by atoms with van der Waals surface area (Å²) in [5, 5.41) is 1.48. The van der Waals surface area contributed by atoms with Gasteiger partial charge in [0, 0.05) is 28.7 Å². The van der Waals surface area contributed by atoms with E-state index in [0.717, 1.165) is 5.39 Å². The first-order chi connectivity index (χ1) is 9.92. The van der Waals surface area contributed by atoms with Gasteiger partial charge >= 0.3 is 0 Å². The van der Waals surface area contributed by atoms with Gasteiger partial charge in [-0.2, -0.15) is 0 Å². The smallest absolute Gasteiger partial charge is 0.241 e. The minimum Gasteiger partial charge on any atom is -0.330 e. The molecule has 0 amide bonds. The highest BCUT2D eigenvalue weighted by Gasteiger charge is 2.29. The predicted octanol–water partition coefficient (Wildman–Crippen LogP) is 2.03. The zero-order chi connectivity index (χ0) is 15.5. The molecule has 5 nitrogen and oxygen atoms in total. The molecule has 3 N–H and O–H groups in total. The number of hydrogen-bond acceptors (Lipinski definition) is 4. The molecule has 21 heavy (non-hydrogen) atoms. The lowest BCUT2D eigenvalue weighted by Gasteiger charge is -2.29. The van der Waals surface area contributed by atoms with Gasteiger partial charge in [-0.15, -0.1) is 0 Å². The van der Waals surface area contributed by atoms with Crippen LogP contribution in [0.15, 0.2) is 41.6 Å². The molecule has 2 aromatic rings. The van der Waals surface area contributed by atoms with E-state index < -0.39 is 15.6 Å². The first-order valence-corrected chi connectivity index (χ1v) is 8.47. The third kappa shape index (κ3) is 3.40. The molecule has 1 atom stereocenters. The van der Waals surface area contributed by atoms with Crippen LogP contribution in [-0.4, -0.2) is 25.5 Å². The molecule has 0 spiro atoms. The molecular formula is C15H21N3O2S. The number of nitrogens with two attached hydrogens (primary N) is 1. The lowest BCUT2D eigenvalue weighted by atomic mass is 9.96. The van der Waals surface area contributed by atoms with Crippen LogP contribution in [0.1, 0.15) is 26.7 Å². The van der Waals surface area contributed by atoms with Crippen molar-refractivity contribution in [2.24, 2.45) is 5.73 Å². The monoisotopic (exact) mass is 307 g/mol. The average molecular weight is 307 g/mol. The van der Waals surface area contributed by atoms with Crippen LogP contribution in [0.5, 0.6) is 0 Å². The zero-order valence-corrected chi connectivity index (χ0v) is 13.2. The maximum atomic E-state index is 12.7. The molecule has 2 rings (SSSR count). The number of fused-ring (bicyclic) bond motifs is 1. The fraction of sp³-hybridized carbons (Fsp3) is 0.400. The van der Waals surface area contributed by atoms with Gasteiger partial charge in [0.1, 0.15) is 0 Å². The number of nitrogens with zero attached hydrogens (tertiary/aromatic N) is 1. The lowest BCUT2D eigenvalue weighted by molar-refractivity contribution is 0.379. The fourth-order valence-electron chi connectivity index (χ4n) is 2.33. The molecule has 1 unspecified atom stereocenters. The highest BCUT2D eigenvalue weighted by atomic mass is 32.2. The number of nitrogens with one attached hydrogen (secondary N) is 1. The maximum Gasteiger partial charge on any atom is 0.241 e. The van der Waals surface area contributed by atoms with E-state index in [1.807, 2.05) is 19.9 Å². The number of benzene rings is 1. The van der Waals surface area contributed by atoms with Gasteiger partial charge in [-0.25, -0.2) is 13.1 Å². The molecule has 0 saturated heterocycles. The second kappa shape index (κ2) is 6.09. The van der Waals surface area contributed by atoms with Crippen LogP contribution in [0, 0.1) is 0 Å². The maximum absolute atomic E-state index is 12.7. The van der Waals surface area contributed by atoms with Crippen molar-refractivity contribution in [3.8, 4) is 0 Å². The largest absolute Gasteiger partial charge is 0.330 e. The van der Waals surface area contributed by atoms with Gasteiger partial charge in [-0.1, -0.05) is 19.1 Å². The molecule has 0 aliphatic heterocycles. The number of aromatic nitrogens is 1. The standard InChI is InChI=1S/C15H21N3O2S/c1-3-15(2,8-9-16)18-21(19,20)14-6-4-5-12-11-17-10-7-13(12)14/h4-7,10-11,18H,3,8-9,16H2,1-2H3. The van der Waals surface area contributed by atoms with E-state index in [9.17, 15) is 8.42 Å². The molecule has 114 valence electrons. The van der Waals surface area contributed by atoms with Crippen LogP contribution in [-0.2, 0) is 10.0 Å². The summed E-state index contributed by atoms with van der Waals surface area (Å²) in [4.78, 5) is 4.30. The summed E-state index contributed by atoms with van der Waals surface area (Å²) in [7, 11) is -3.61. The molecule has 6 heteroatoms. The summed E-state index contributed by atoms with van der Waals surface area (Å²) < 4.78 is 28.2. The van der Waals surface area contributed by atoms with E-state index in [0.29, 0.717) is 24.8 Å². The Balaban J connectivity index is 2.47. The van der Waals surface area contributed by atoms with E-state index in [1.54, 1.807) is 30.6 Å². The van der Waals surface area contributed by atoms with Crippen LogP contribution in [0.25, 0.3) is 10.8 Å². The predicted molar refractivity (Wildman–Crippen MR) is 84.4 cm³/mol. The van der Waals surface area contributed by atoms with Crippen molar-refractivity contribution in [1.29, 1.82) is 0 Å². The summed E-state index contributed by atoms with van der Waals surface area (Å²) in [6, 6.07) is 6.91. The first kappa shape index (κ1) is 15.9. The lowest BCUT2D eigenvalue weighted by Crippen LogP contribution is -2.46. The Morgan fingerprint density at radius 1 is 1.33 bits per heavy atom. The summed E-state index contributed by atoms with van der Waals surface area (Å²) in [6.45, 7) is 4.27. The highest BCUT2D eigenvalue weighted by molar-refractivity contribution is 7.89. The molecule has 1 aromatic carbocycles. The van der Waals surface area contributed by atoms with E-state index in [2.05, 4.69) is 9.71 Å². The Hall–Kier alpha value is -1.50. The van der Waals surface area contributed by atoms with Crippen LogP contribution in [0.2, 0.25) is 0 Å². The Kier molecular flexibility index (Phi) is 4.61. The zero-order valence-electron chi connectivity index (χ0n) is 12.3. The van der Waals surface area contributed by atoms with Crippen LogP contribution in [0.3, 0.4) is 0 Å². The molecule has 0 bridgehead atoms. The average Bonchev–Trinajstić information content (AvgIpc) is 2.46. The summed E-state index contributed by atoms with van der Waals surface area (Å²) in [6.07, 6.45) is 4.53. The van der Waals surface area contributed by atoms with Gasteiger partial charge in [0.05, 0.1) is 4.90 Å². The number of sulfonamides is 1. The minimum atomic E-state index is -3.61. The van der Waals surface area contributed by atoms with Gasteiger partial charge in [-0.3, -0.25) is 4.98 Å². The number of rotatable bonds is 6. The topological polar surface area (TPSA) is 85.1 Å². The highest BCUT2D eigenvalue weighted by Crippen LogP contribution is 2.24. The van der Waals surface area contributed by atoms with E-state index in [1.165, 1.54) is 0 Å². The van der Waals surface area contributed by atoms with Crippen LogP contribution >= 0.6 is 0 Å². The van der Waals surface area contributed by atoms with Crippen molar-refractivity contribution in [2.75, 3.05) is 6.54 Å². The Morgan fingerprint density at radius 3 is 2.76 bits per heavy atom. The third-order valence-corrected chi connectivity index (χ3v) is 5.48. The van der Waals surface area contributed by atoms with Crippen molar-refractivity contribution in [3.05, 3.63) is 36.7 Å². The SMILES string of the molecule is CCC(C)(CCN)NS(=O)(=O)c1cccc2cnccc12. The summed E-state index contributed by atoms with van der Waals surface area (Å²) >= 11 is 0. The van der Waals surface area contributed by atoms with Crippen molar-refractivity contribution < 1.29 is 8.42 Å². The second-order valence-corrected chi connectivity index (χ2v) is 7.06. The van der Waals surface area contributed by atoms with Gasteiger partial charge < -0.3 is 5.73 Å². The molecule has 0 aliphatic carbocycles. The summed E-state index contributed by atoms with van der Waals surface area (Å²) in [5.74, 6) is 0. The Morgan fingerprint density at radius 2 is 2.10 bits per heavy atom. The molecule has 0 saturated carbocycles. The second-order valence-electron chi connectivity index (χ2n) is 5.41. The summed E-state index contributed by atoms with van der Waals surface area (Å²) in [5.41, 5.74) is 5.06. The molecular weight excluding hydrogens is 286 g/mol. The van der Waals surface area contributed by atoms with Crippen molar-refractivity contribution in [1.82, 2.24) is 9.71 Å². The van der Waals surface area contributed by atoms with Gasteiger partial charge in [0.15, 0.2) is 0 Å².